The molecule has 0 saturated heterocycles. The molecular weight excluding hydrogens is 306 g/mol. The first kappa shape index (κ1) is 16.5. The standard InChI is InChI=1S/C18H23N3O3/c1-12(2)6-7-16-20-14-11-21(10-8-15(14)24-16)18(22)13-5-4-9-19-17(13)23-3/h4-5,9,12H,6-8,10-11H2,1-3H3. The molecule has 0 spiro atoms. The Morgan fingerprint density at radius 1 is 1.46 bits per heavy atom. The van der Waals surface area contributed by atoms with Crippen LogP contribution in [0.25, 0.3) is 0 Å². The van der Waals surface area contributed by atoms with Crippen molar-refractivity contribution in [1.29, 1.82) is 0 Å². The minimum atomic E-state index is -0.0858. The van der Waals surface area contributed by atoms with Crippen LogP contribution in [0.3, 0.4) is 0 Å². The normalized spacial score (nSPS) is 13.9. The average molecular weight is 329 g/mol. The maximum Gasteiger partial charge on any atom is 0.259 e. The van der Waals surface area contributed by atoms with Crippen LogP contribution in [-0.2, 0) is 19.4 Å². The van der Waals surface area contributed by atoms with Gasteiger partial charge in [-0.15, -0.1) is 0 Å². The highest BCUT2D eigenvalue weighted by Gasteiger charge is 2.27. The number of fused-ring (bicyclic) bond motifs is 1. The van der Waals surface area contributed by atoms with Crippen molar-refractivity contribution in [2.75, 3.05) is 13.7 Å². The molecule has 1 aliphatic rings. The second kappa shape index (κ2) is 7.03. The van der Waals surface area contributed by atoms with Crippen LogP contribution in [0.15, 0.2) is 22.7 Å². The van der Waals surface area contributed by atoms with Crippen molar-refractivity contribution in [3.8, 4) is 5.88 Å². The number of hydrogen-bond acceptors (Lipinski definition) is 5. The fourth-order valence-corrected chi connectivity index (χ4v) is 2.83. The number of oxazole rings is 1. The van der Waals surface area contributed by atoms with Crippen molar-refractivity contribution in [3.63, 3.8) is 0 Å². The molecule has 0 bridgehead atoms. The molecule has 3 heterocycles. The Kier molecular flexibility index (Phi) is 4.83. The summed E-state index contributed by atoms with van der Waals surface area (Å²) in [6.45, 7) is 5.45. The predicted octanol–water partition coefficient (Wildman–Crippen LogP) is 2.87. The highest BCUT2D eigenvalue weighted by molar-refractivity contribution is 5.96. The summed E-state index contributed by atoms with van der Waals surface area (Å²) in [5, 5.41) is 0. The lowest BCUT2D eigenvalue weighted by Gasteiger charge is -2.25. The Balaban J connectivity index is 1.73. The van der Waals surface area contributed by atoms with Crippen molar-refractivity contribution in [2.45, 2.75) is 39.7 Å². The van der Waals surface area contributed by atoms with Gasteiger partial charge in [0.15, 0.2) is 5.89 Å². The van der Waals surface area contributed by atoms with E-state index in [0.717, 1.165) is 30.2 Å². The third kappa shape index (κ3) is 3.42. The van der Waals surface area contributed by atoms with E-state index in [4.69, 9.17) is 9.15 Å². The molecule has 0 atom stereocenters. The summed E-state index contributed by atoms with van der Waals surface area (Å²) in [5.41, 5.74) is 1.35. The van der Waals surface area contributed by atoms with E-state index in [0.29, 0.717) is 36.9 Å². The first-order valence-corrected chi connectivity index (χ1v) is 8.34. The first-order chi connectivity index (χ1) is 11.6. The number of carbonyl (C=O) groups excluding carboxylic acids is 1. The maximum atomic E-state index is 12.8. The summed E-state index contributed by atoms with van der Waals surface area (Å²) in [7, 11) is 1.52. The number of pyridine rings is 1. The molecule has 128 valence electrons. The van der Waals surface area contributed by atoms with Gasteiger partial charge in [0.1, 0.15) is 17.0 Å². The van der Waals surface area contributed by atoms with Gasteiger partial charge in [0, 0.05) is 25.6 Å². The molecule has 1 amide bonds. The van der Waals surface area contributed by atoms with Gasteiger partial charge in [-0.1, -0.05) is 13.8 Å². The van der Waals surface area contributed by atoms with Crippen LogP contribution in [0.2, 0.25) is 0 Å². The van der Waals surface area contributed by atoms with Gasteiger partial charge in [-0.2, -0.15) is 0 Å². The van der Waals surface area contributed by atoms with Gasteiger partial charge in [-0.3, -0.25) is 4.79 Å². The predicted molar refractivity (Wildman–Crippen MR) is 88.9 cm³/mol. The van der Waals surface area contributed by atoms with Gasteiger partial charge < -0.3 is 14.1 Å². The molecule has 24 heavy (non-hydrogen) atoms. The number of nitrogens with zero attached hydrogens (tertiary/aromatic N) is 3. The molecule has 0 fully saturated rings. The van der Waals surface area contributed by atoms with Crippen molar-refractivity contribution >= 4 is 5.91 Å². The van der Waals surface area contributed by atoms with Crippen LogP contribution in [-0.4, -0.2) is 34.4 Å². The van der Waals surface area contributed by atoms with Gasteiger partial charge in [0.05, 0.1) is 13.7 Å². The van der Waals surface area contributed by atoms with Gasteiger partial charge in [0.2, 0.25) is 5.88 Å². The van der Waals surface area contributed by atoms with Crippen LogP contribution >= 0.6 is 0 Å². The van der Waals surface area contributed by atoms with E-state index in [9.17, 15) is 4.79 Å². The van der Waals surface area contributed by atoms with Crippen LogP contribution in [0, 0.1) is 5.92 Å². The number of aryl methyl sites for hydroxylation is 1. The van der Waals surface area contributed by atoms with E-state index in [1.807, 2.05) is 0 Å². The van der Waals surface area contributed by atoms with E-state index in [1.165, 1.54) is 7.11 Å². The third-order valence-corrected chi connectivity index (χ3v) is 4.19. The molecule has 2 aromatic heterocycles. The van der Waals surface area contributed by atoms with Gasteiger partial charge in [0.25, 0.3) is 5.91 Å². The van der Waals surface area contributed by atoms with Gasteiger partial charge >= 0.3 is 0 Å². The van der Waals surface area contributed by atoms with E-state index < -0.39 is 0 Å². The molecule has 0 N–H and O–H groups in total. The van der Waals surface area contributed by atoms with Crippen LogP contribution in [0.5, 0.6) is 5.88 Å². The number of aromatic nitrogens is 2. The molecule has 0 radical (unpaired) electrons. The van der Waals surface area contributed by atoms with E-state index in [1.54, 1.807) is 23.2 Å². The zero-order valence-electron chi connectivity index (χ0n) is 14.4. The maximum absolute atomic E-state index is 12.8. The molecule has 1 aliphatic heterocycles. The molecule has 6 nitrogen and oxygen atoms in total. The number of hydrogen-bond donors (Lipinski definition) is 0. The molecule has 0 saturated carbocycles. The molecule has 0 unspecified atom stereocenters. The van der Waals surface area contributed by atoms with Crippen LogP contribution in [0.1, 0.15) is 48.0 Å². The third-order valence-electron chi connectivity index (χ3n) is 4.19. The van der Waals surface area contributed by atoms with Crippen molar-refractivity contribution in [2.24, 2.45) is 5.92 Å². The Labute approximate surface area is 141 Å². The molecule has 2 aromatic rings. The lowest BCUT2D eigenvalue weighted by Crippen LogP contribution is -2.36. The zero-order chi connectivity index (χ0) is 17.1. The minimum absolute atomic E-state index is 0.0858. The molecule has 0 aliphatic carbocycles. The summed E-state index contributed by atoms with van der Waals surface area (Å²) >= 11 is 0. The number of amides is 1. The molecule has 3 rings (SSSR count). The Hall–Kier alpha value is -2.37. The Morgan fingerprint density at radius 3 is 3.04 bits per heavy atom. The van der Waals surface area contributed by atoms with Gasteiger partial charge in [-0.05, 0) is 24.5 Å². The highest BCUT2D eigenvalue weighted by Crippen LogP contribution is 2.24. The second-order valence-corrected chi connectivity index (χ2v) is 6.45. The highest BCUT2D eigenvalue weighted by atomic mass is 16.5. The van der Waals surface area contributed by atoms with Crippen LogP contribution in [0.4, 0.5) is 0 Å². The molecule has 0 aromatic carbocycles. The largest absolute Gasteiger partial charge is 0.480 e. The monoisotopic (exact) mass is 329 g/mol. The fourth-order valence-electron chi connectivity index (χ4n) is 2.83. The summed E-state index contributed by atoms with van der Waals surface area (Å²) in [6.07, 6.45) is 4.20. The molecular formula is C18H23N3O3. The van der Waals surface area contributed by atoms with Gasteiger partial charge in [-0.25, -0.2) is 9.97 Å². The first-order valence-electron chi connectivity index (χ1n) is 8.34. The second-order valence-electron chi connectivity index (χ2n) is 6.45. The summed E-state index contributed by atoms with van der Waals surface area (Å²) in [5.74, 6) is 2.58. The summed E-state index contributed by atoms with van der Waals surface area (Å²) < 4.78 is 11.0. The van der Waals surface area contributed by atoms with Crippen molar-refractivity contribution in [1.82, 2.24) is 14.9 Å². The smallest absolute Gasteiger partial charge is 0.259 e. The minimum Gasteiger partial charge on any atom is -0.480 e. The van der Waals surface area contributed by atoms with Crippen LogP contribution < -0.4 is 4.74 Å². The van der Waals surface area contributed by atoms with E-state index >= 15 is 0 Å². The Bertz CT molecular complexity index is 724. The quantitative estimate of drug-likeness (QED) is 0.844. The number of rotatable bonds is 5. The average Bonchev–Trinajstić information content (AvgIpc) is 3.01. The van der Waals surface area contributed by atoms with Crippen molar-refractivity contribution in [3.05, 3.63) is 41.2 Å². The van der Waals surface area contributed by atoms with E-state index in [2.05, 4.69) is 23.8 Å². The Morgan fingerprint density at radius 2 is 2.29 bits per heavy atom. The topological polar surface area (TPSA) is 68.5 Å². The number of carbonyl (C=O) groups is 1. The van der Waals surface area contributed by atoms with E-state index in [-0.39, 0.29) is 5.91 Å². The zero-order valence-corrected chi connectivity index (χ0v) is 14.4. The summed E-state index contributed by atoms with van der Waals surface area (Å²) in [4.78, 5) is 23.2. The lowest BCUT2D eigenvalue weighted by atomic mass is 10.1. The lowest BCUT2D eigenvalue weighted by molar-refractivity contribution is 0.0723. The van der Waals surface area contributed by atoms with Crippen molar-refractivity contribution < 1.29 is 13.9 Å². The SMILES string of the molecule is COc1ncccc1C(=O)N1CCc2oc(CCC(C)C)nc2C1. The summed E-state index contributed by atoms with van der Waals surface area (Å²) in [6, 6.07) is 3.48. The number of methoxy groups -OCH3 is 1. The molecule has 6 heteroatoms. The number of ether oxygens (including phenoxy) is 1. The fraction of sp³-hybridized carbons (Fsp3) is 0.500.